The van der Waals surface area contributed by atoms with E-state index in [4.69, 9.17) is 10.5 Å². The highest BCUT2D eigenvalue weighted by molar-refractivity contribution is 5.85. The molecule has 2 aromatic rings. The lowest BCUT2D eigenvalue weighted by molar-refractivity contribution is -0.119. The van der Waals surface area contributed by atoms with E-state index in [0.29, 0.717) is 13.1 Å². The van der Waals surface area contributed by atoms with E-state index in [-0.39, 0.29) is 30.7 Å². The van der Waals surface area contributed by atoms with E-state index in [1.165, 1.54) is 16.7 Å². The van der Waals surface area contributed by atoms with E-state index >= 15 is 0 Å². The maximum absolute atomic E-state index is 12.7. The second kappa shape index (κ2) is 12.2. The molecule has 0 saturated carbocycles. The van der Waals surface area contributed by atoms with E-state index in [1.807, 2.05) is 18.2 Å². The van der Waals surface area contributed by atoms with Gasteiger partial charge >= 0.3 is 0 Å². The monoisotopic (exact) mass is 466 g/mol. The van der Waals surface area contributed by atoms with Gasteiger partial charge in [0.25, 0.3) is 0 Å². The van der Waals surface area contributed by atoms with Gasteiger partial charge in [0.15, 0.2) is 0 Å². The quantitative estimate of drug-likeness (QED) is 0.640. The topological polar surface area (TPSA) is 70.8 Å². The molecule has 8 heteroatoms. The second-order valence-electron chi connectivity index (χ2n) is 7.80. The maximum atomic E-state index is 12.7. The molecule has 2 aliphatic rings. The van der Waals surface area contributed by atoms with Crippen LogP contribution in [0.25, 0.3) is 0 Å². The summed E-state index contributed by atoms with van der Waals surface area (Å²) in [5.41, 5.74) is 11.7. The van der Waals surface area contributed by atoms with E-state index in [0.717, 1.165) is 63.6 Å². The predicted octanol–water partition coefficient (Wildman–Crippen LogP) is 3.01. The van der Waals surface area contributed by atoms with Crippen molar-refractivity contribution < 1.29 is 9.53 Å². The van der Waals surface area contributed by atoms with Gasteiger partial charge < -0.3 is 20.7 Å². The summed E-state index contributed by atoms with van der Waals surface area (Å²) >= 11 is 0. The molecule has 6 nitrogen and oxygen atoms in total. The first-order valence-corrected chi connectivity index (χ1v) is 10.5. The average molecular weight is 467 g/mol. The number of benzene rings is 2. The molecule has 1 amide bonds. The number of anilines is 2. The molecule has 4 rings (SSSR count). The number of hydrogen-bond acceptors (Lipinski definition) is 5. The Kier molecular flexibility index (Phi) is 9.91. The van der Waals surface area contributed by atoms with Crippen molar-refractivity contribution in [1.29, 1.82) is 0 Å². The third-order valence-corrected chi connectivity index (χ3v) is 5.81. The van der Waals surface area contributed by atoms with Gasteiger partial charge in [-0.05, 0) is 41.7 Å². The number of ether oxygens (including phenoxy) is 1. The number of nitrogens with two attached hydrogens (primary N) is 1. The number of rotatable bonds is 6. The third kappa shape index (κ3) is 6.50. The Bertz CT molecular complexity index is 859. The standard InChI is InChI=1S/C23H30N4O2.2ClH/c24-21-8-3-9-22-20(21)7-4-10-27(22)17-23(28)25-15-18-5-1-2-6-19(18)16-26-11-13-29-14-12-26;;/h1-3,5-6,8-9H,4,7,10-17,24H2,(H,25,28);2*1H. The molecule has 0 aromatic heterocycles. The Morgan fingerprint density at radius 3 is 2.52 bits per heavy atom. The van der Waals surface area contributed by atoms with Crippen LogP contribution in [0, 0.1) is 0 Å². The zero-order valence-electron chi connectivity index (χ0n) is 17.7. The Labute approximate surface area is 196 Å². The molecule has 0 aliphatic carbocycles. The van der Waals surface area contributed by atoms with Crippen LogP contribution in [0.15, 0.2) is 42.5 Å². The highest BCUT2D eigenvalue weighted by Gasteiger charge is 2.20. The number of halogens is 2. The first-order chi connectivity index (χ1) is 14.2. The summed E-state index contributed by atoms with van der Waals surface area (Å²) in [6, 6.07) is 14.3. The van der Waals surface area contributed by atoms with Gasteiger partial charge in [-0.2, -0.15) is 0 Å². The maximum Gasteiger partial charge on any atom is 0.239 e. The van der Waals surface area contributed by atoms with Gasteiger partial charge in [-0.1, -0.05) is 30.3 Å². The summed E-state index contributed by atoms with van der Waals surface area (Å²) in [5, 5.41) is 3.11. The number of nitrogens with zero attached hydrogens (tertiary/aromatic N) is 2. The van der Waals surface area contributed by atoms with Crippen molar-refractivity contribution in [1.82, 2.24) is 10.2 Å². The smallest absolute Gasteiger partial charge is 0.239 e. The molecule has 31 heavy (non-hydrogen) atoms. The fraction of sp³-hybridized carbons (Fsp3) is 0.435. The van der Waals surface area contributed by atoms with E-state index in [2.05, 4.69) is 39.4 Å². The van der Waals surface area contributed by atoms with Crippen LogP contribution in [0.3, 0.4) is 0 Å². The number of carbonyl (C=O) groups is 1. The summed E-state index contributed by atoms with van der Waals surface area (Å²) in [7, 11) is 0. The Balaban J connectivity index is 0.00000171. The lowest BCUT2D eigenvalue weighted by atomic mass is 10.00. The number of fused-ring (bicyclic) bond motifs is 1. The first kappa shape index (κ1) is 25.3. The van der Waals surface area contributed by atoms with Crippen LogP contribution in [0.2, 0.25) is 0 Å². The Hall–Kier alpha value is -1.99. The van der Waals surface area contributed by atoms with Gasteiger partial charge in [0.1, 0.15) is 0 Å². The molecule has 1 saturated heterocycles. The van der Waals surface area contributed by atoms with Crippen LogP contribution < -0.4 is 16.0 Å². The van der Waals surface area contributed by atoms with Crippen LogP contribution in [0.4, 0.5) is 11.4 Å². The number of carbonyl (C=O) groups excluding carboxylic acids is 1. The van der Waals surface area contributed by atoms with Crippen molar-refractivity contribution >= 4 is 42.1 Å². The van der Waals surface area contributed by atoms with Gasteiger partial charge in [0.05, 0.1) is 19.8 Å². The average Bonchev–Trinajstić information content (AvgIpc) is 2.75. The lowest BCUT2D eigenvalue weighted by Gasteiger charge is -2.31. The molecule has 0 atom stereocenters. The molecular formula is C23H32Cl2N4O2. The number of amides is 1. The van der Waals surface area contributed by atoms with E-state index in [9.17, 15) is 4.79 Å². The van der Waals surface area contributed by atoms with Crippen LogP contribution in [0.1, 0.15) is 23.1 Å². The molecular weight excluding hydrogens is 435 g/mol. The van der Waals surface area contributed by atoms with Crippen LogP contribution in [0.5, 0.6) is 0 Å². The van der Waals surface area contributed by atoms with Crippen molar-refractivity contribution in [2.45, 2.75) is 25.9 Å². The fourth-order valence-electron chi connectivity index (χ4n) is 4.20. The third-order valence-electron chi connectivity index (χ3n) is 5.81. The summed E-state index contributed by atoms with van der Waals surface area (Å²) in [6.45, 7) is 6.20. The number of hydrogen-bond donors (Lipinski definition) is 2. The van der Waals surface area contributed by atoms with E-state index < -0.39 is 0 Å². The van der Waals surface area contributed by atoms with Gasteiger partial charge in [0.2, 0.25) is 5.91 Å². The molecule has 2 heterocycles. The second-order valence-corrected chi connectivity index (χ2v) is 7.80. The summed E-state index contributed by atoms with van der Waals surface area (Å²) < 4.78 is 5.44. The van der Waals surface area contributed by atoms with Gasteiger partial charge in [-0.25, -0.2) is 0 Å². The largest absolute Gasteiger partial charge is 0.398 e. The van der Waals surface area contributed by atoms with E-state index in [1.54, 1.807) is 0 Å². The first-order valence-electron chi connectivity index (χ1n) is 10.5. The SMILES string of the molecule is Cl.Cl.Nc1cccc2c1CCCN2CC(=O)NCc1ccccc1CN1CCOCC1. The van der Waals surface area contributed by atoms with Crippen LogP contribution in [-0.2, 0) is 29.0 Å². The fourth-order valence-corrected chi connectivity index (χ4v) is 4.20. The molecule has 0 radical (unpaired) electrons. The summed E-state index contributed by atoms with van der Waals surface area (Å²) in [5.74, 6) is 0.0430. The number of nitrogen functional groups attached to an aromatic ring is 1. The zero-order chi connectivity index (χ0) is 20.1. The Morgan fingerprint density at radius 1 is 1.00 bits per heavy atom. The van der Waals surface area contributed by atoms with Crippen LogP contribution in [-0.4, -0.2) is 50.2 Å². The molecule has 170 valence electrons. The molecule has 2 aliphatic heterocycles. The Morgan fingerprint density at radius 2 is 1.74 bits per heavy atom. The predicted molar refractivity (Wildman–Crippen MR) is 130 cm³/mol. The lowest BCUT2D eigenvalue weighted by Crippen LogP contribution is -2.40. The minimum atomic E-state index is 0. The highest BCUT2D eigenvalue weighted by atomic mass is 35.5. The highest BCUT2D eigenvalue weighted by Crippen LogP contribution is 2.30. The van der Waals surface area contributed by atoms with Gasteiger partial charge in [-0.15, -0.1) is 24.8 Å². The zero-order valence-corrected chi connectivity index (χ0v) is 19.4. The normalized spacial score (nSPS) is 15.9. The number of morpholine rings is 1. The molecule has 1 fully saturated rings. The summed E-state index contributed by atoms with van der Waals surface area (Å²) in [4.78, 5) is 17.2. The van der Waals surface area contributed by atoms with Crippen molar-refractivity contribution in [3.05, 3.63) is 59.2 Å². The number of nitrogens with one attached hydrogen (secondary N) is 1. The minimum absolute atomic E-state index is 0. The molecule has 3 N–H and O–H groups in total. The molecule has 2 aromatic carbocycles. The van der Waals surface area contributed by atoms with Crippen molar-refractivity contribution in [3.8, 4) is 0 Å². The molecule has 0 spiro atoms. The molecule has 0 bridgehead atoms. The molecule has 0 unspecified atom stereocenters. The van der Waals surface area contributed by atoms with Crippen molar-refractivity contribution in [2.75, 3.05) is 50.0 Å². The van der Waals surface area contributed by atoms with Gasteiger partial charge in [-0.3, -0.25) is 9.69 Å². The van der Waals surface area contributed by atoms with Gasteiger partial charge in [0, 0.05) is 44.1 Å². The van der Waals surface area contributed by atoms with Crippen LogP contribution >= 0.6 is 24.8 Å². The van der Waals surface area contributed by atoms with Crippen molar-refractivity contribution in [3.63, 3.8) is 0 Å². The summed E-state index contributed by atoms with van der Waals surface area (Å²) in [6.07, 6.45) is 2.01. The minimum Gasteiger partial charge on any atom is -0.398 e. The van der Waals surface area contributed by atoms with Crippen molar-refractivity contribution in [2.24, 2.45) is 0 Å².